The van der Waals surface area contributed by atoms with Crippen molar-refractivity contribution in [3.8, 4) is 0 Å². The van der Waals surface area contributed by atoms with Crippen LogP contribution in [0.15, 0.2) is 53.3 Å². The standard InChI is InChI=1S/C23H23N7O3/c1-14-2-3-15-4-7-17(28-22(15)25-14)26-20(32)10-12-24-13-11-21(33)27-18-8-5-16-6-9-19(31)30-23(16)29-18/h2-9,24H,10-13H2,1H3,(H,25,26,28,32)(H2,27,29,30,31,33). The Kier molecular flexibility index (Phi) is 6.65. The van der Waals surface area contributed by atoms with E-state index in [1.165, 1.54) is 6.07 Å². The maximum Gasteiger partial charge on any atom is 0.249 e. The quantitative estimate of drug-likeness (QED) is 0.304. The molecule has 0 spiro atoms. The largest absolute Gasteiger partial charge is 0.316 e. The third-order valence-electron chi connectivity index (χ3n) is 4.87. The second-order valence-corrected chi connectivity index (χ2v) is 7.50. The van der Waals surface area contributed by atoms with Crippen molar-refractivity contribution in [2.75, 3.05) is 23.7 Å². The first kappa shape index (κ1) is 22.0. The van der Waals surface area contributed by atoms with Gasteiger partial charge in [-0.2, -0.15) is 0 Å². The van der Waals surface area contributed by atoms with Crippen LogP contribution in [0, 0.1) is 6.92 Å². The van der Waals surface area contributed by atoms with Crippen LogP contribution in [0.2, 0.25) is 0 Å². The molecular weight excluding hydrogens is 422 g/mol. The molecule has 0 atom stereocenters. The highest BCUT2D eigenvalue weighted by molar-refractivity contribution is 5.92. The molecular formula is C23H23N7O3. The lowest BCUT2D eigenvalue weighted by Crippen LogP contribution is -2.26. The molecule has 4 N–H and O–H groups in total. The van der Waals surface area contributed by atoms with Crippen LogP contribution in [-0.4, -0.2) is 44.8 Å². The van der Waals surface area contributed by atoms with Crippen LogP contribution in [0.25, 0.3) is 22.1 Å². The topological polar surface area (TPSA) is 142 Å². The highest BCUT2D eigenvalue weighted by atomic mass is 16.2. The Hall–Kier alpha value is -4.18. The second kappa shape index (κ2) is 9.96. The third-order valence-corrected chi connectivity index (χ3v) is 4.87. The fraction of sp³-hybridized carbons (Fsp3) is 0.217. The van der Waals surface area contributed by atoms with Gasteiger partial charge < -0.3 is 20.9 Å². The first-order chi connectivity index (χ1) is 16.0. The molecule has 0 aliphatic heterocycles. The maximum absolute atomic E-state index is 12.2. The predicted octanol–water partition coefficient (Wildman–Crippen LogP) is 2.12. The van der Waals surface area contributed by atoms with Gasteiger partial charge in [0.25, 0.3) is 0 Å². The number of carbonyl (C=O) groups is 2. The van der Waals surface area contributed by atoms with Crippen LogP contribution >= 0.6 is 0 Å². The van der Waals surface area contributed by atoms with Crippen LogP contribution in [0.5, 0.6) is 0 Å². The molecule has 10 heteroatoms. The molecule has 4 aromatic heterocycles. The van der Waals surface area contributed by atoms with E-state index in [9.17, 15) is 14.4 Å². The highest BCUT2D eigenvalue weighted by Crippen LogP contribution is 2.14. The van der Waals surface area contributed by atoms with Crippen molar-refractivity contribution in [3.63, 3.8) is 0 Å². The lowest BCUT2D eigenvalue weighted by atomic mass is 10.2. The Morgan fingerprint density at radius 3 is 2.12 bits per heavy atom. The maximum atomic E-state index is 12.2. The number of pyridine rings is 4. The first-order valence-corrected chi connectivity index (χ1v) is 10.5. The van der Waals surface area contributed by atoms with E-state index >= 15 is 0 Å². The van der Waals surface area contributed by atoms with Gasteiger partial charge in [0, 0.05) is 48.5 Å². The monoisotopic (exact) mass is 445 g/mol. The predicted molar refractivity (Wildman–Crippen MR) is 126 cm³/mol. The summed E-state index contributed by atoms with van der Waals surface area (Å²) in [6.07, 6.45) is 0.450. The number of fused-ring (bicyclic) bond motifs is 2. The molecule has 0 saturated heterocycles. The van der Waals surface area contributed by atoms with E-state index in [1.54, 1.807) is 24.3 Å². The molecule has 0 bridgehead atoms. The van der Waals surface area contributed by atoms with Gasteiger partial charge in [-0.15, -0.1) is 0 Å². The summed E-state index contributed by atoms with van der Waals surface area (Å²) in [6.45, 7) is 2.71. The van der Waals surface area contributed by atoms with Crippen LogP contribution in [0.3, 0.4) is 0 Å². The van der Waals surface area contributed by atoms with Gasteiger partial charge in [-0.25, -0.2) is 15.0 Å². The number of hydrogen-bond acceptors (Lipinski definition) is 7. The van der Waals surface area contributed by atoms with Gasteiger partial charge in [0.05, 0.1) is 0 Å². The molecule has 2 amide bonds. The second-order valence-electron chi connectivity index (χ2n) is 7.50. The van der Waals surface area contributed by atoms with Crippen molar-refractivity contribution in [1.82, 2.24) is 25.3 Å². The Morgan fingerprint density at radius 1 is 0.788 bits per heavy atom. The van der Waals surface area contributed by atoms with Gasteiger partial charge >= 0.3 is 0 Å². The molecule has 4 aromatic rings. The van der Waals surface area contributed by atoms with Crippen LogP contribution < -0.4 is 21.5 Å². The Bertz CT molecular complexity index is 1380. The van der Waals surface area contributed by atoms with Crippen molar-refractivity contribution in [2.45, 2.75) is 19.8 Å². The number of aromatic nitrogens is 4. The summed E-state index contributed by atoms with van der Waals surface area (Å²) < 4.78 is 0. The number of amides is 2. The van der Waals surface area contributed by atoms with Crippen LogP contribution in [0.1, 0.15) is 18.5 Å². The third kappa shape index (κ3) is 5.95. The summed E-state index contributed by atoms with van der Waals surface area (Å²) >= 11 is 0. The van der Waals surface area contributed by atoms with E-state index < -0.39 is 0 Å². The van der Waals surface area contributed by atoms with Crippen LogP contribution in [0.4, 0.5) is 11.6 Å². The van der Waals surface area contributed by atoms with Gasteiger partial charge in [-0.3, -0.25) is 14.4 Å². The summed E-state index contributed by atoms with van der Waals surface area (Å²) in [5, 5.41) is 10.2. The molecule has 0 aromatic carbocycles. The van der Waals surface area contributed by atoms with Crippen LogP contribution in [-0.2, 0) is 9.59 Å². The molecule has 4 heterocycles. The highest BCUT2D eigenvalue weighted by Gasteiger charge is 2.07. The van der Waals surface area contributed by atoms with E-state index in [-0.39, 0.29) is 30.2 Å². The Labute approximate surface area is 188 Å². The Balaban J connectivity index is 1.18. The van der Waals surface area contributed by atoms with Gasteiger partial charge in [0.2, 0.25) is 17.4 Å². The molecule has 168 valence electrons. The minimum Gasteiger partial charge on any atom is -0.316 e. The molecule has 0 saturated carbocycles. The smallest absolute Gasteiger partial charge is 0.249 e. The summed E-state index contributed by atoms with van der Waals surface area (Å²) in [7, 11) is 0. The number of rotatable bonds is 8. The molecule has 0 fully saturated rings. The molecule has 0 aliphatic rings. The number of nitrogens with one attached hydrogen (secondary N) is 4. The zero-order valence-electron chi connectivity index (χ0n) is 18.0. The zero-order valence-corrected chi connectivity index (χ0v) is 18.0. The lowest BCUT2D eigenvalue weighted by molar-refractivity contribution is -0.116. The fourth-order valence-corrected chi connectivity index (χ4v) is 3.20. The van der Waals surface area contributed by atoms with E-state index in [0.717, 1.165) is 16.5 Å². The Morgan fingerprint density at radius 2 is 1.39 bits per heavy atom. The van der Waals surface area contributed by atoms with Crippen molar-refractivity contribution >= 4 is 45.5 Å². The van der Waals surface area contributed by atoms with Gasteiger partial charge in [-0.1, -0.05) is 0 Å². The van der Waals surface area contributed by atoms with E-state index in [2.05, 4.69) is 35.9 Å². The summed E-state index contributed by atoms with van der Waals surface area (Å²) in [5.41, 5.74) is 1.60. The number of carbonyl (C=O) groups excluding carboxylic acids is 2. The first-order valence-electron chi connectivity index (χ1n) is 10.5. The van der Waals surface area contributed by atoms with E-state index in [1.807, 2.05) is 25.1 Å². The number of hydrogen-bond donors (Lipinski definition) is 4. The number of anilines is 2. The average Bonchev–Trinajstić information content (AvgIpc) is 2.78. The van der Waals surface area contributed by atoms with Crippen molar-refractivity contribution in [1.29, 1.82) is 0 Å². The molecule has 0 radical (unpaired) electrons. The minimum atomic E-state index is -0.255. The SMILES string of the molecule is Cc1ccc2ccc(NC(=O)CCNCCC(=O)Nc3ccc4ccc(=O)[nH]c4n3)nc2n1. The average molecular weight is 445 g/mol. The molecule has 10 nitrogen and oxygen atoms in total. The minimum absolute atomic E-state index is 0.180. The normalized spacial score (nSPS) is 10.9. The van der Waals surface area contributed by atoms with Crippen molar-refractivity contribution in [2.24, 2.45) is 0 Å². The van der Waals surface area contributed by atoms with Crippen molar-refractivity contribution in [3.05, 3.63) is 64.6 Å². The fourth-order valence-electron chi connectivity index (χ4n) is 3.20. The molecule has 0 aliphatic carbocycles. The van der Waals surface area contributed by atoms with Gasteiger partial charge in [0.15, 0.2) is 5.65 Å². The zero-order chi connectivity index (χ0) is 23.2. The van der Waals surface area contributed by atoms with E-state index in [0.29, 0.717) is 36.0 Å². The number of aromatic amines is 1. The number of H-pyrrole nitrogens is 1. The molecule has 0 unspecified atom stereocenters. The van der Waals surface area contributed by atoms with Gasteiger partial charge in [0.1, 0.15) is 17.3 Å². The van der Waals surface area contributed by atoms with E-state index in [4.69, 9.17) is 0 Å². The molecule has 33 heavy (non-hydrogen) atoms. The summed E-state index contributed by atoms with van der Waals surface area (Å²) in [5.74, 6) is 0.413. The lowest BCUT2D eigenvalue weighted by Gasteiger charge is -2.08. The number of nitrogens with zero attached hydrogens (tertiary/aromatic N) is 3. The molecule has 4 rings (SSSR count). The van der Waals surface area contributed by atoms with Gasteiger partial charge in [-0.05, 0) is 49.4 Å². The number of aryl methyl sites for hydroxylation is 1. The van der Waals surface area contributed by atoms with Crippen molar-refractivity contribution < 1.29 is 9.59 Å². The summed E-state index contributed by atoms with van der Waals surface area (Å²) in [4.78, 5) is 51.3. The summed E-state index contributed by atoms with van der Waals surface area (Å²) in [6, 6.07) is 14.0.